The highest BCUT2D eigenvalue weighted by atomic mass is 79.9. The molecule has 5 nitrogen and oxygen atoms in total. The van der Waals surface area contributed by atoms with Crippen LogP contribution in [0.15, 0.2) is 40.5 Å². The normalized spacial score (nSPS) is 10.7. The summed E-state index contributed by atoms with van der Waals surface area (Å²) in [4.78, 5) is 22.8. The Morgan fingerprint density at radius 2 is 2.11 bits per heavy atom. The van der Waals surface area contributed by atoms with Gasteiger partial charge < -0.3 is 15.4 Å². The molecule has 1 amide bonds. The van der Waals surface area contributed by atoms with Gasteiger partial charge in [0, 0.05) is 17.2 Å². The third-order valence-corrected chi connectivity index (χ3v) is 2.53. The quantitative estimate of drug-likeness (QED) is 0.655. The molecule has 18 heavy (non-hydrogen) atoms. The van der Waals surface area contributed by atoms with E-state index in [1.54, 1.807) is 12.1 Å². The molecule has 0 fully saturated rings. The van der Waals surface area contributed by atoms with Gasteiger partial charge in [-0.3, -0.25) is 4.79 Å². The van der Waals surface area contributed by atoms with Crippen LogP contribution in [-0.2, 0) is 14.3 Å². The summed E-state index contributed by atoms with van der Waals surface area (Å²) in [6.45, 7) is 0. The molecule has 1 rings (SSSR count). The van der Waals surface area contributed by atoms with Gasteiger partial charge in [0.15, 0.2) is 0 Å². The fraction of sp³-hybridized carbons (Fsp3) is 0.167. The number of hydrogen-bond donors (Lipinski definition) is 2. The number of ether oxygens (including phenoxy) is 1. The molecule has 0 bridgehead atoms. The fourth-order valence-electron chi connectivity index (χ4n) is 1.19. The first-order chi connectivity index (χ1) is 8.56. The number of nitrogens with one attached hydrogen (secondary N) is 2. The van der Waals surface area contributed by atoms with Crippen molar-refractivity contribution in [2.24, 2.45) is 0 Å². The smallest absolute Gasteiger partial charge is 0.332 e. The Morgan fingerprint density at radius 3 is 2.67 bits per heavy atom. The Morgan fingerprint density at radius 1 is 1.39 bits per heavy atom. The summed E-state index contributed by atoms with van der Waals surface area (Å²) in [6, 6.07) is 7.23. The molecule has 0 atom stereocenters. The summed E-state index contributed by atoms with van der Waals surface area (Å²) in [5, 5.41) is 5.29. The van der Waals surface area contributed by atoms with Crippen LogP contribution in [0.3, 0.4) is 0 Å². The van der Waals surface area contributed by atoms with Crippen LogP contribution >= 0.6 is 15.9 Å². The van der Waals surface area contributed by atoms with Crippen LogP contribution in [0.5, 0.6) is 0 Å². The number of benzene rings is 1. The molecule has 1 aromatic rings. The Balaban J connectivity index is 2.95. The zero-order chi connectivity index (χ0) is 13.5. The standard InChI is InChI=1S/C12H13BrN2O3/c1-14-12(17)10(7-11(16)18-2)15-9-5-3-4-8(13)6-9/h3-7,15H,1-2H3,(H,14,17)/b10-7-. The van der Waals surface area contributed by atoms with Crippen LogP contribution in [0.4, 0.5) is 5.69 Å². The van der Waals surface area contributed by atoms with Gasteiger partial charge in [-0.1, -0.05) is 22.0 Å². The van der Waals surface area contributed by atoms with E-state index in [-0.39, 0.29) is 5.70 Å². The Labute approximate surface area is 113 Å². The Bertz CT molecular complexity index is 486. The maximum absolute atomic E-state index is 11.6. The third kappa shape index (κ3) is 4.21. The number of likely N-dealkylation sites (N-methyl/N-ethyl adjacent to an activating group) is 1. The second-order valence-electron chi connectivity index (χ2n) is 3.30. The lowest BCUT2D eigenvalue weighted by Crippen LogP contribution is -2.25. The van der Waals surface area contributed by atoms with Crippen molar-refractivity contribution in [1.29, 1.82) is 0 Å². The van der Waals surface area contributed by atoms with Crippen molar-refractivity contribution in [3.05, 3.63) is 40.5 Å². The SMILES string of the molecule is CNC(=O)/C(=C/C(=O)OC)Nc1cccc(Br)c1. The number of carbonyl (C=O) groups is 2. The maximum Gasteiger partial charge on any atom is 0.332 e. The van der Waals surface area contributed by atoms with Gasteiger partial charge in [-0.15, -0.1) is 0 Å². The first kappa shape index (κ1) is 14.2. The van der Waals surface area contributed by atoms with E-state index in [0.717, 1.165) is 10.5 Å². The van der Waals surface area contributed by atoms with Crippen LogP contribution in [0.25, 0.3) is 0 Å². The maximum atomic E-state index is 11.6. The predicted molar refractivity (Wildman–Crippen MR) is 71.9 cm³/mol. The minimum Gasteiger partial charge on any atom is -0.466 e. The van der Waals surface area contributed by atoms with E-state index < -0.39 is 11.9 Å². The number of esters is 1. The van der Waals surface area contributed by atoms with Crippen LogP contribution < -0.4 is 10.6 Å². The molecule has 0 saturated heterocycles. The average Bonchev–Trinajstić information content (AvgIpc) is 2.36. The van der Waals surface area contributed by atoms with E-state index in [9.17, 15) is 9.59 Å². The molecule has 0 heterocycles. The van der Waals surface area contributed by atoms with Crippen molar-refractivity contribution in [1.82, 2.24) is 5.32 Å². The fourth-order valence-corrected chi connectivity index (χ4v) is 1.59. The Kier molecular flexibility index (Phi) is 5.38. The number of hydrogen-bond acceptors (Lipinski definition) is 4. The molecule has 0 unspecified atom stereocenters. The monoisotopic (exact) mass is 312 g/mol. The number of methoxy groups -OCH3 is 1. The number of amides is 1. The first-order valence-corrected chi connectivity index (χ1v) is 5.90. The first-order valence-electron chi connectivity index (χ1n) is 5.11. The lowest BCUT2D eigenvalue weighted by atomic mass is 10.3. The average molecular weight is 313 g/mol. The molecular formula is C12H13BrN2O3. The molecule has 0 aliphatic heterocycles. The summed E-state index contributed by atoms with van der Waals surface area (Å²) in [5.74, 6) is -1.00. The van der Waals surface area contributed by atoms with Gasteiger partial charge >= 0.3 is 5.97 Å². The van der Waals surface area contributed by atoms with Gasteiger partial charge in [0.2, 0.25) is 0 Å². The topological polar surface area (TPSA) is 67.4 Å². The van der Waals surface area contributed by atoms with Gasteiger partial charge in [0.05, 0.1) is 13.2 Å². The van der Waals surface area contributed by atoms with Crippen molar-refractivity contribution in [3.8, 4) is 0 Å². The number of carbonyl (C=O) groups excluding carboxylic acids is 2. The summed E-state index contributed by atoms with van der Waals surface area (Å²) >= 11 is 3.32. The summed E-state index contributed by atoms with van der Waals surface area (Å²) < 4.78 is 5.36. The van der Waals surface area contributed by atoms with Gasteiger partial charge in [0.1, 0.15) is 5.70 Å². The molecule has 96 valence electrons. The molecule has 0 aliphatic carbocycles. The van der Waals surface area contributed by atoms with Crippen LogP contribution in [0.2, 0.25) is 0 Å². The zero-order valence-electron chi connectivity index (χ0n) is 9.99. The zero-order valence-corrected chi connectivity index (χ0v) is 11.6. The van der Waals surface area contributed by atoms with Gasteiger partial charge in [-0.25, -0.2) is 4.79 Å². The van der Waals surface area contributed by atoms with Gasteiger partial charge in [-0.2, -0.15) is 0 Å². The van der Waals surface area contributed by atoms with E-state index in [2.05, 4.69) is 31.3 Å². The van der Waals surface area contributed by atoms with Crippen molar-refractivity contribution in [2.45, 2.75) is 0 Å². The van der Waals surface area contributed by atoms with E-state index >= 15 is 0 Å². The summed E-state index contributed by atoms with van der Waals surface area (Å²) in [6.07, 6.45) is 1.10. The molecular weight excluding hydrogens is 300 g/mol. The highest BCUT2D eigenvalue weighted by molar-refractivity contribution is 9.10. The Hall–Kier alpha value is -1.82. The van der Waals surface area contributed by atoms with E-state index in [1.807, 2.05) is 12.1 Å². The molecule has 0 saturated carbocycles. The summed E-state index contributed by atoms with van der Waals surface area (Å²) in [7, 11) is 2.73. The molecule has 0 radical (unpaired) electrons. The molecule has 0 aliphatic rings. The third-order valence-electron chi connectivity index (χ3n) is 2.04. The molecule has 0 spiro atoms. The van der Waals surface area contributed by atoms with Crippen molar-refractivity contribution in [3.63, 3.8) is 0 Å². The number of anilines is 1. The van der Waals surface area contributed by atoms with Crippen LogP contribution in [0, 0.1) is 0 Å². The summed E-state index contributed by atoms with van der Waals surface area (Å²) in [5.41, 5.74) is 0.797. The minimum atomic E-state index is -0.601. The minimum absolute atomic E-state index is 0.113. The lowest BCUT2D eigenvalue weighted by Gasteiger charge is -2.09. The molecule has 2 N–H and O–H groups in total. The highest BCUT2D eigenvalue weighted by Crippen LogP contribution is 2.17. The van der Waals surface area contributed by atoms with Gasteiger partial charge in [0.25, 0.3) is 5.91 Å². The van der Waals surface area contributed by atoms with E-state index in [1.165, 1.54) is 14.2 Å². The van der Waals surface area contributed by atoms with Crippen molar-refractivity contribution in [2.75, 3.05) is 19.5 Å². The molecule has 0 aromatic heterocycles. The van der Waals surface area contributed by atoms with Crippen LogP contribution in [0.1, 0.15) is 0 Å². The number of halogens is 1. The van der Waals surface area contributed by atoms with Gasteiger partial charge in [-0.05, 0) is 18.2 Å². The van der Waals surface area contributed by atoms with Crippen LogP contribution in [-0.4, -0.2) is 26.0 Å². The highest BCUT2D eigenvalue weighted by Gasteiger charge is 2.10. The molecule has 6 heteroatoms. The lowest BCUT2D eigenvalue weighted by molar-refractivity contribution is -0.135. The largest absolute Gasteiger partial charge is 0.466 e. The predicted octanol–water partition coefficient (Wildman–Crippen LogP) is 1.66. The van der Waals surface area contributed by atoms with Crippen molar-refractivity contribution >= 4 is 33.5 Å². The van der Waals surface area contributed by atoms with E-state index in [0.29, 0.717) is 5.69 Å². The second kappa shape index (κ2) is 6.80. The van der Waals surface area contributed by atoms with E-state index in [4.69, 9.17) is 0 Å². The molecule has 1 aromatic carbocycles. The number of rotatable bonds is 4. The van der Waals surface area contributed by atoms with Crippen molar-refractivity contribution < 1.29 is 14.3 Å². The second-order valence-corrected chi connectivity index (χ2v) is 4.21.